The summed E-state index contributed by atoms with van der Waals surface area (Å²) in [6, 6.07) is 6.45. The Bertz CT molecular complexity index is 1020. The first-order valence-electron chi connectivity index (χ1n) is 12.0. The van der Waals surface area contributed by atoms with Crippen LogP contribution < -0.4 is 5.32 Å². The predicted molar refractivity (Wildman–Crippen MR) is 129 cm³/mol. The molecule has 2 N–H and O–H groups in total. The molecule has 35 heavy (non-hydrogen) atoms. The number of hydrogen-bond acceptors (Lipinski definition) is 7. The first-order chi connectivity index (χ1) is 16.5. The highest BCUT2D eigenvalue weighted by Crippen LogP contribution is 2.37. The van der Waals surface area contributed by atoms with E-state index in [0.717, 1.165) is 11.8 Å². The maximum absolute atomic E-state index is 13.5. The lowest BCUT2D eigenvalue weighted by Gasteiger charge is -2.39. The van der Waals surface area contributed by atoms with Crippen LogP contribution in [0.25, 0.3) is 0 Å². The Kier molecular flexibility index (Phi) is 8.89. The normalized spacial score (nSPS) is 24.4. The van der Waals surface area contributed by atoms with Crippen molar-refractivity contribution in [3.05, 3.63) is 35.9 Å². The van der Waals surface area contributed by atoms with Crippen LogP contribution in [0, 0.1) is 5.92 Å². The minimum atomic E-state index is -3.47. The summed E-state index contributed by atoms with van der Waals surface area (Å²) >= 11 is 0. The van der Waals surface area contributed by atoms with E-state index in [-0.39, 0.29) is 25.5 Å². The van der Waals surface area contributed by atoms with E-state index in [1.54, 1.807) is 13.8 Å². The van der Waals surface area contributed by atoms with E-state index in [1.165, 1.54) is 9.21 Å². The summed E-state index contributed by atoms with van der Waals surface area (Å²) in [5.74, 6) is -2.14. The number of likely N-dealkylation sites (tertiary alicyclic amines) is 1. The molecule has 5 atom stereocenters. The van der Waals surface area contributed by atoms with Crippen LogP contribution in [0.2, 0.25) is 0 Å². The van der Waals surface area contributed by atoms with Gasteiger partial charge in [0.2, 0.25) is 15.9 Å². The molecule has 11 heteroatoms. The highest BCUT2D eigenvalue weighted by Gasteiger charge is 2.50. The lowest BCUT2D eigenvalue weighted by Crippen LogP contribution is -2.58. The van der Waals surface area contributed by atoms with Crippen LogP contribution in [0.4, 0.5) is 0 Å². The van der Waals surface area contributed by atoms with Gasteiger partial charge in [0.1, 0.15) is 12.1 Å². The van der Waals surface area contributed by atoms with Crippen LogP contribution in [0.5, 0.6) is 0 Å². The van der Waals surface area contributed by atoms with Gasteiger partial charge in [0, 0.05) is 19.1 Å². The summed E-state index contributed by atoms with van der Waals surface area (Å²) < 4.78 is 30.7. The van der Waals surface area contributed by atoms with Crippen LogP contribution in [0.3, 0.4) is 0 Å². The average Bonchev–Trinajstić information content (AvgIpc) is 3.20. The van der Waals surface area contributed by atoms with Crippen molar-refractivity contribution in [2.75, 3.05) is 26.0 Å². The van der Waals surface area contributed by atoms with Gasteiger partial charge >= 0.3 is 11.9 Å². The monoisotopic (exact) mass is 509 g/mol. The quantitative estimate of drug-likeness (QED) is 0.444. The lowest BCUT2D eigenvalue weighted by molar-refractivity contribution is -0.152. The third kappa shape index (κ3) is 6.59. The number of carbonyl (C=O) groups is 3. The van der Waals surface area contributed by atoms with Crippen molar-refractivity contribution < 1.29 is 32.6 Å². The van der Waals surface area contributed by atoms with Crippen molar-refractivity contribution >= 4 is 27.9 Å². The third-order valence-corrected chi connectivity index (χ3v) is 8.14. The molecule has 2 fully saturated rings. The van der Waals surface area contributed by atoms with E-state index in [0.29, 0.717) is 25.8 Å². The van der Waals surface area contributed by atoms with E-state index in [9.17, 15) is 27.9 Å². The molecule has 0 spiro atoms. The molecular weight excluding hydrogens is 474 g/mol. The lowest BCUT2D eigenvalue weighted by atomic mass is 9.92. The second-order valence-corrected chi connectivity index (χ2v) is 11.3. The molecule has 0 aromatic heterocycles. The van der Waals surface area contributed by atoms with Crippen LogP contribution in [-0.2, 0) is 35.6 Å². The molecule has 2 aliphatic rings. The maximum Gasteiger partial charge on any atom is 0.326 e. The number of nitrogens with one attached hydrogen (secondary N) is 1. The van der Waals surface area contributed by atoms with E-state index in [2.05, 4.69) is 5.32 Å². The van der Waals surface area contributed by atoms with Crippen LogP contribution in [-0.4, -0.2) is 90.7 Å². The fraction of sp³-hybridized carbons (Fsp3) is 0.625. The Hall–Kier alpha value is -2.50. The molecule has 1 aromatic rings. The van der Waals surface area contributed by atoms with Gasteiger partial charge in [-0.25, -0.2) is 17.5 Å². The Morgan fingerprint density at radius 1 is 1.23 bits per heavy atom. The third-order valence-electron chi connectivity index (χ3n) is 6.87. The molecule has 0 radical (unpaired) electrons. The summed E-state index contributed by atoms with van der Waals surface area (Å²) in [6.07, 6.45) is 2.88. The largest absolute Gasteiger partial charge is 0.480 e. The van der Waals surface area contributed by atoms with Crippen molar-refractivity contribution in [3.8, 4) is 0 Å². The van der Waals surface area contributed by atoms with Gasteiger partial charge in [0.05, 0.1) is 18.9 Å². The summed E-state index contributed by atoms with van der Waals surface area (Å²) in [7, 11) is -3.47. The zero-order valence-electron chi connectivity index (χ0n) is 20.4. The van der Waals surface area contributed by atoms with Gasteiger partial charge in [-0.1, -0.05) is 30.3 Å². The number of carboxylic acid groups (broad SMARTS) is 1. The standard InChI is InChI=1S/C24H35N3O7S/c1-4-34-24(31)19(11-10-17-8-6-5-7-9-17)25-16(2)22(28)27-20(23(29)30)14-18-12-13-26(15-21(18)27)35(3,32)33/h5-9,16,18-21,25H,4,10-15H2,1-3H3,(H,29,30)/t16-,18-,19-,20-,21+/m1/s1. The topological polar surface area (TPSA) is 133 Å². The predicted octanol–water partition coefficient (Wildman–Crippen LogP) is 0.865. The zero-order chi connectivity index (χ0) is 25.8. The number of rotatable bonds is 10. The number of amides is 1. The molecule has 2 heterocycles. The maximum atomic E-state index is 13.5. The number of ether oxygens (including phenoxy) is 1. The number of nitrogens with zero attached hydrogens (tertiary/aromatic N) is 2. The fourth-order valence-electron chi connectivity index (χ4n) is 5.08. The van der Waals surface area contributed by atoms with Gasteiger partial charge in [-0.05, 0) is 51.0 Å². The molecule has 3 rings (SSSR count). The van der Waals surface area contributed by atoms with E-state index >= 15 is 0 Å². The summed E-state index contributed by atoms with van der Waals surface area (Å²) in [5.41, 5.74) is 1.04. The number of sulfonamides is 1. The van der Waals surface area contributed by atoms with Gasteiger partial charge in [-0.3, -0.25) is 14.9 Å². The van der Waals surface area contributed by atoms with Gasteiger partial charge in [0.15, 0.2) is 0 Å². The zero-order valence-corrected chi connectivity index (χ0v) is 21.2. The molecule has 2 saturated heterocycles. The van der Waals surface area contributed by atoms with Crippen molar-refractivity contribution in [1.82, 2.24) is 14.5 Å². The van der Waals surface area contributed by atoms with Crippen molar-refractivity contribution in [2.24, 2.45) is 5.92 Å². The number of carboxylic acids is 1. The van der Waals surface area contributed by atoms with E-state index in [4.69, 9.17) is 4.74 Å². The molecule has 0 bridgehead atoms. The minimum Gasteiger partial charge on any atom is -0.480 e. The Balaban J connectivity index is 1.76. The number of aryl methyl sites for hydroxylation is 1. The summed E-state index contributed by atoms with van der Waals surface area (Å²) in [4.78, 5) is 39.5. The number of fused-ring (bicyclic) bond motifs is 1. The Morgan fingerprint density at radius 3 is 2.51 bits per heavy atom. The van der Waals surface area contributed by atoms with E-state index in [1.807, 2.05) is 30.3 Å². The minimum absolute atomic E-state index is 0.0705. The molecular formula is C24H35N3O7S. The highest BCUT2D eigenvalue weighted by atomic mass is 32.2. The SMILES string of the molecule is CCOC(=O)[C@@H](CCc1ccccc1)N[C@H](C)C(=O)N1[C@@H](C(=O)O)C[C@H]2CCN(S(C)(=O)=O)C[C@@H]21. The summed E-state index contributed by atoms with van der Waals surface area (Å²) in [6.45, 7) is 3.89. The first kappa shape index (κ1) is 27.1. The number of esters is 1. The van der Waals surface area contributed by atoms with Gasteiger partial charge < -0.3 is 14.7 Å². The number of piperidine rings is 1. The van der Waals surface area contributed by atoms with Crippen LogP contribution >= 0.6 is 0 Å². The Labute approximate surface area is 206 Å². The number of aliphatic carboxylic acids is 1. The number of benzene rings is 1. The van der Waals surface area contributed by atoms with Crippen molar-refractivity contribution in [3.63, 3.8) is 0 Å². The van der Waals surface area contributed by atoms with Crippen LogP contribution in [0.15, 0.2) is 30.3 Å². The van der Waals surface area contributed by atoms with Gasteiger partial charge in [-0.15, -0.1) is 0 Å². The highest BCUT2D eigenvalue weighted by molar-refractivity contribution is 7.88. The number of carbonyl (C=O) groups excluding carboxylic acids is 2. The first-order valence-corrected chi connectivity index (χ1v) is 13.8. The number of hydrogen-bond donors (Lipinski definition) is 2. The molecule has 1 amide bonds. The molecule has 2 aliphatic heterocycles. The van der Waals surface area contributed by atoms with E-state index < -0.39 is 52.0 Å². The molecule has 194 valence electrons. The molecule has 0 saturated carbocycles. The van der Waals surface area contributed by atoms with Gasteiger partial charge in [-0.2, -0.15) is 0 Å². The second-order valence-electron chi connectivity index (χ2n) is 9.29. The molecule has 0 aliphatic carbocycles. The molecule has 10 nitrogen and oxygen atoms in total. The van der Waals surface area contributed by atoms with Crippen molar-refractivity contribution in [2.45, 2.75) is 63.7 Å². The van der Waals surface area contributed by atoms with Crippen molar-refractivity contribution in [1.29, 1.82) is 0 Å². The average molecular weight is 510 g/mol. The Morgan fingerprint density at radius 2 is 1.91 bits per heavy atom. The van der Waals surface area contributed by atoms with Crippen LogP contribution in [0.1, 0.15) is 38.7 Å². The molecule has 1 aromatic carbocycles. The molecule has 0 unspecified atom stereocenters. The van der Waals surface area contributed by atoms with Gasteiger partial charge in [0.25, 0.3) is 0 Å². The smallest absolute Gasteiger partial charge is 0.326 e. The fourth-order valence-corrected chi connectivity index (χ4v) is 5.94. The second kappa shape index (κ2) is 11.5. The summed E-state index contributed by atoms with van der Waals surface area (Å²) in [5, 5.41) is 12.9.